The topological polar surface area (TPSA) is 89.8 Å². The molecule has 2 aromatic heterocycles. The predicted molar refractivity (Wildman–Crippen MR) is 121 cm³/mol. The zero-order valence-electron chi connectivity index (χ0n) is 18.6. The highest BCUT2D eigenvalue weighted by molar-refractivity contribution is 6.04. The van der Waals surface area contributed by atoms with E-state index in [1.54, 1.807) is 12.4 Å². The van der Waals surface area contributed by atoms with Crippen molar-refractivity contribution in [3.05, 3.63) is 70.6 Å². The van der Waals surface area contributed by atoms with Gasteiger partial charge in [-0.1, -0.05) is 26.0 Å². The van der Waals surface area contributed by atoms with E-state index in [9.17, 15) is 9.59 Å². The minimum absolute atomic E-state index is 0.197. The van der Waals surface area contributed by atoms with Gasteiger partial charge in [-0.3, -0.25) is 9.59 Å². The SMILES string of the molecule is CC1CC(c2cccc(NC(=O)c3cc(C=O)c4c(n3)C(C)CC4)c2)(c2nncn2C)C1. The molecule has 1 fully saturated rings. The second kappa shape index (κ2) is 7.65. The average Bonchev–Trinajstić information content (AvgIpc) is 3.36. The smallest absolute Gasteiger partial charge is 0.274 e. The van der Waals surface area contributed by atoms with Crippen LogP contribution in [0.2, 0.25) is 0 Å². The highest BCUT2D eigenvalue weighted by Crippen LogP contribution is 2.51. The molecule has 164 valence electrons. The number of hydrogen-bond donors (Lipinski definition) is 1. The first-order chi connectivity index (χ1) is 15.4. The Morgan fingerprint density at radius 2 is 2.06 bits per heavy atom. The van der Waals surface area contributed by atoms with Crippen molar-refractivity contribution < 1.29 is 9.59 Å². The van der Waals surface area contributed by atoms with Crippen LogP contribution >= 0.6 is 0 Å². The number of nitrogens with zero attached hydrogens (tertiary/aromatic N) is 4. The van der Waals surface area contributed by atoms with Crippen LogP contribution in [0.4, 0.5) is 5.69 Å². The molecule has 0 spiro atoms. The molecule has 1 unspecified atom stereocenters. The van der Waals surface area contributed by atoms with Crippen molar-refractivity contribution in [1.29, 1.82) is 0 Å². The van der Waals surface area contributed by atoms with Crippen LogP contribution in [-0.2, 0) is 18.9 Å². The van der Waals surface area contributed by atoms with Crippen LogP contribution < -0.4 is 5.32 Å². The van der Waals surface area contributed by atoms with E-state index in [0.29, 0.717) is 17.2 Å². The maximum absolute atomic E-state index is 13.1. The van der Waals surface area contributed by atoms with Gasteiger partial charge < -0.3 is 9.88 Å². The second-order valence-corrected chi connectivity index (χ2v) is 9.41. The summed E-state index contributed by atoms with van der Waals surface area (Å²) in [5, 5.41) is 11.5. The number of carbonyl (C=O) groups excluding carboxylic acids is 2. The van der Waals surface area contributed by atoms with Crippen LogP contribution in [0.25, 0.3) is 0 Å². The molecule has 1 atom stereocenters. The Morgan fingerprint density at radius 3 is 2.75 bits per heavy atom. The zero-order chi connectivity index (χ0) is 22.5. The lowest BCUT2D eigenvalue weighted by Gasteiger charge is -2.46. The van der Waals surface area contributed by atoms with E-state index in [1.807, 2.05) is 29.8 Å². The number of hydrogen-bond acceptors (Lipinski definition) is 5. The molecule has 3 aromatic rings. The Hall–Kier alpha value is -3.35. The molecule has 0 aliphatic heterocycles. The molecule has 2 heterocycles. The summed E-state index contributed by atoms with van der Waals surface area (Å²) in [7, 11) is 1.97. The molecule has 1 N–H and O–H groups in total. The monoisotopic (exact) mass is 429 g/mol. The molecule has 5 rings (SSSR count). The Bertz CT molecular complexity index is 1210. The standard InChI is InChI=1S/C25H27N5O2/c1-15-11-25(12-15,24-29-26-14-30(24)3)18-5-4-6-19(10-18)27-23(32)21-9-17(13-31)20-8-7-16(2)22(20)28-21/h4-6,9-10,13-16H,7-8,11-12H2,1-3H3,(H,27,32). The quantitative estimate of drug-likeness (QED) is 0.618. The van der Waals surface area contributed by atoms with E-state index in [2.05, 4.69) is 40.4 Å². The molecular weight excluding hydrogens is 402 g/mol. The summed E-state index contributed by atoms with van der Waals surface area (Å²) in [6, 6.07) is 9.56. The molecule has 2 aliphatic carbocycles. The fourth-order valence-corrected chi connectivity index (χ4v) is 5.49. The van der Waals surface area contributed by atoms with Gasteiger partial charge in [-0.05, 0) is 66.8 Å². The number of aldehydes is 1. The van der Waals surface area contributed by atoms with Gasteiger partial charge in [0.1, 0.15) is 24.1 Å². The van der Waals surface area contributed by atoms with Crippen molar-refractivity contribution in [3.63, 3.8) is 0 Å². The number of rotatable bonds is 5. The van der Waals surface area contributed by atoms with Crippen molar-refractivity contribution in [1.82, 2.24) is 19.7 Å². The number of anilines is 1. The van der Waals surface area contributed by atoms with Gasteiger partial charge >= 0.3 is 0 Å². The molecule has 7 nitrogen and oxygen atoms in total. The first-order valence-electron chi connectivity index (χ1n) is 11.2. The Kier molecular flexibility index (Phi) is 4.92. The van der Waals surface area contributed by atoms with Crippen LogP contribution in [0.15, 0.2) is 36.7 Å². The Morgan fingerprint density at radius 1 is 1.25 bits per heavy atom. The van der Waals surface area contributed by atoms with Crippen LogP contribution in [0.5, 0.6) is 0 Å². The summed E-state index contributed by atoms with van der Waals surface area (Å²) in [6.45, 7) is 4.33. The number of aromatic nitrogens is 4. The summed E-state index contributed by atoms with van der Waals surface area (Å²) >= 11 is 0. The third kappa shape index (κ3) is 3.23. The summed E-state index contributed by atoms with van der Waals surface area (Å²) in [4.78, 5) is 29.3. The fourth-order valence-electron chi connectivity index (χ4n) is 5.49. The largest absolute Gasteiger partial charge is 0.321 e. The van der Waals surface area contributed by atoms with E-state index in [1.165, 1.54) is 0 Å². The third-order valence-corrected chi connectivity index (χ3v) is 7.05. The van der Waals surface area contributed by atoms with Crippen LogP contribution in [0.1, 0.15) is 82.5 Å². The Labute approximate surface area is 187 Å². The number of benzene rings is 1. The molecule has 0 radical (unpaired) electrons. The summed E-state index contributed by atoms with van der Waals surface area (Å²) in [5.41, 5.74) is 4.34. The Balaban J connectivity index is 1.45. The number of amides is 1. The summed E-state index contributed by atoms with van der Waals surface area (Å²) in [6.07, 6.45) is 6.34. The van der Waals surface area contributed by atoms with E-state index in [4.69, 9.17) is 0 Å². The maximum Gasteiger partial charge on any atom is 0.274 e. The van der Waals surface area contributed by atoms with Crippen molar-refractivity contribution >= 4 is 17.9 Å². The first-order valence-corrected chi connectivity index (χ1v) is 11.2. The molecule has 1 saturated carbocycles. The maximum atomic E-state index is 13.1. The number of nitrogens with one attached hydrogen (secondary N) is 1. The number of pyridine rings is 1. The van der Waals surface area contributed by atoms with E-state index in [0.717, 1.165) is 54.6 Å². The van der Waals surface area contributed by atoms with Crippen molar-refractivity contribution in [2.45, 2.75) is 50.9 Å². The van der Waals surface area contributed by atoms with Gasteiger partial charge in [0, 0.05) is 24.0 Å². The molecule has 7 heteroatoms. The lowest BCUT2D eigenvalue weighted by Crippen LogP contribution is -2.43. The van der Waals surface area contributed by atoms with Crippen LogP contribution in [0, 0.1) is 5.92 Å². The van der Waals surface area contributed by atoms with Gasteiger partial charge in [0.2, 0.25) is 0 Å². The highest BCUT2D eigenvalue weighted by atomic mass is 16.2. The minimum atomic E-state index is -0.304. The lowest BCUT2D eigenvalue weighted by atomic mass is 9.58. The van der Waals surface area contributed by atoms with Gasteiger partial charge in [0.15, 0.2) is 0 Å². The normalized spacial score (nSPS) is 24.0. The molecule has 0 saturated heterocycles. The van der Waals surface area contributed by atoms with Crippen LogP contribution in [0.3, 0.4) is 0 Å². The van der Waals surface area contributed by atoms with Crippen molar-refractivity contribution in [3.8, 4) is 0 Å². The van der Waals surface area contributed by atoms with Gasteiger partial charge in [0.05, 0.1) is 5.41 Å². The molecule has 32 heavy (non-hydrogen) atoms. The van der Waals surface area contributed by atoms with E-state index in [-0.39, 0.29) is 22.9 Å². The molecule has 0 bridgehead atoms. The predicted octanol–water partition coefficient (Wildman–Crippen LogP) is 4.04. The first kappa shape index (κ1) is 20.5. The van der Waals surface area contributed by atoms with Gasteiger partial charge in [-0.25, -0.2) is 4.98 Å². The second-order valence-electron chi connectivity index (χ2n) is 9.41. The van der Waals surface area contributed by atoms with E-state index < -0.39 is 0 Å². The molecule has 1 amide bonds. The summed E-state index contributed by atoms with van der Waals surface area (Å²) < 4.78 is 1.98. The number of fused-ring (bicyclic) bond motifs is 1. The van der Waals surface area contributed by atoms with Gasteiger partial charge in [-0.15, -0.1) is 10.2 Å². The lowest BCUT2D eigenvalue weighted by molar-refractivity contribution is 0.102. The minimum Gasteiger partial charge on any atom is -0.321 e. The number of carbonyl (C=O) groups is 2. The van der Waals surface area contributed by atoms with E-state index >= 15 is 0 Å². The molecule has 1 aromatic carbocycles. The van der Waals surface area contributed by atoms with Gasteiger partial charge in [-0.2, -0.15) is 0 Å². The average molecular weight is 430 g/mol. The molecule has 2 aliphatic rings. The summed E-state index contributed by atoms with van der Waals surface area (Å²) in [5.74, 6) is 1.50. The van der Waals surface area contributed by atoms with Crippen molar-refractivity contribution in [2.75, 3.05) is 5.32 Å². The van der Waals surface area contributed by atoms with Crippen molar-refractivity contribution in [2.24, 2.45) is 13.0 Å². The fraction of sp³-hybridized carbons (Fsp3) is 0.400. The zero-order valence-corrected chi connectivity index (χ0v) is 18.6. The third-order valence-electron chi connectivity index (χ3n) is 7.05. The molecular formula is C25H27N5O2. The number of aryl methyl sites for hydroxylation is 1. The van der Waals surface area contributed by atoms with Crippen LogP contribution in [-0.4, -0.2) is 31.9 Å². The van der Waals surface area contributed by atoms with Gasteiger partial charge in [0.25, 0.3) is 5.91 Å². The highest BCUT2D eigenvalue weighted by Gasteiger charge is 2.48.